The summed E-state index contributed by atoms with van der Waals surface area (Å²) in [5, 5.41) is 19.8. The Bertz CT molecular complexity index is 390. The predicted octanol–water partition coefficient (Wildman–Crippen LogP) is 0.257. The molecule has 0 aromatic carbocycles. The summed E-state index contributed by atoms with van der Waals surface area (Å²) in [7, 11) is 1.52. The number of nitrogens with zero attached hydrogens (tertiary/aromatic N) is 1. The van der Waals surface area contributed by atoms with E-state index in [1.54, 1.807) is 12.1 Å². The first kappa shape index (κ1) is 14.0. The van der Waals surface area contributed by atoms with Crippen LogP contribution in [-0.4, -0.2) is 46.8 Å². The second-order valence-electron chi connectivity index (χ2n) is 3.79. The highest BCUT2D eigenvalue weighted by atomic mass is 16.4. The number of aliphatic hydroxyl groups excluding tert-OH is 1. The van der Waals surface area contributed by atoms with Crippen molar-refractivity contribution < 1.29 is 24.2 Å². The first-order chi connectivity index (χ1) is 8.54. The number of rotatable bonds is 6. The van der Waals surface area contributed by atoms with E-state index in [9.17, 15) is 9.59 Å². The number of nitrogens with one attached hydrogen (secondary N) is 1. The molecule has 1 atom stereocenters. The van der Waals surface area contributed by atoms with Crippen molar-refractivity contribution in [1.82, 2.24) is 10.2 Å². The summed E-state index contributed by atoms with van der Waals surface area (Å²) in [6, 6.07) is 1.79. The molecule has 1 rings (SSSR count). The number of carboxylic acids is 1. The third-order valence-electron chi connectivity index (χ3n) is 2.33. The van der Waals surface area contributed by atoms with Gasteiger partial charge in [-0.2, -0.15) is 0 Å². The molecule has 7 nitrogen and oxygen atoms in total. The molecule has 0 aliphatic carbocycles. The summed E-state index contributed by atoms with van der Waals surface area (Å²) in [5.41, 5.74) is 0. The second-order valence-corrected chi connectivity index (χ2v) is 3.79. The Labute approximate surface area is 104 Å². The molecule has 100 valence electrons. The average molecular weight is 256 g/mol. The molecule has 0 bridgehead atoms. The topological polar surface area (TPSA) is 103 Å². The van der Waals surface area contributed by atoms with Crippen molar-refractivity contribution in [2.24, 2.45) is 0 Å². The van der Waals surface area contributed by atoms with Gasteiger partial charge in [0.25, 0.3) is 0 Å². The van der Waals surface area contributed by atoms with Crippen molar-refractivity contribution in [1.29, 1.82) is 0 Å². The largest absolute Gasteiger partial charge is 0.480 e. The number of aliphatic carboxylic acids is 1. The molecule has 18 heavy (non-hydrogen) atoms. The number of carbonyl (C=O) groups is 2. The minimum absolute atomic E-state index is 0.0321. The summed E-state index contributed by atoms with van der Waals surface area (Å²) in [6.07, 6.45) is 1.46. The standard InChI is InChI=1S/C11H16N2O5/c1-13(7-8-3-2-6-18-8)11(17)12-9(4-5-14)10(15)16/h2-3,6,9,14H,4-5,7H2,1H3,(H,12,17)(H,15,16)/t9-/m0/s1. The van der Waals surface area contributed by atoms with Crippen molar-refractivity contribution in [2.75, 3.05) is 13.7 Å². The third-order valence-corrected chi connectivity index (χ3v) is 2.33. The summed E-state index contributed by atoms with van der Waals surface area (Å²) in [5.74, 6) is -0.578. The van der Waals surface area contributed by atoms with E-state index in [0.717, 1.165) is 0 Å². The molecule has 1 aromatic heterocycles. The molecule has 7 heteroatoms. The Morgan fingerprint density at radius 2 is 2.28 bits per heavy atom. The number of hydrogen-bond acceptors (Lipinski definition) is 4. The molecule has 2 amide bonds. The van der Waals surface area contributed by atoms with Gasteiger partial charge in [0.2, 0.25) is 0 Å². The minimum atomic E-state index is -1.18. The van der Waals surface area contributed by atoms with Crippen LogP contribution in [0.3, 0.4) is 0 Å². The molecule has 0 unspecified atom stereocenters. The summed E-state index contributed by atoms with van der Waals surface area (Å²) in [6.45, 7) is -0.0660. The highest BCUT2D eigenvalue weighted by molar-refractivity contribution is 5.82. The fraction of sp³-hybridized carbons (Fsp3) is 0.455. The first-order valence-corrected chi connectivity index (χ1v) is 5.42. The number of carboxylic acid groups (broad SMARTS) is 1. The van der Waals surface area contributed by atoms with Crippen LogP contribution in [0, 0.1) is 0 Å². The van der Waals surface area contributed by atoms with Gasteiger partial charge in [-0.25, -0.2) is 9.59 Å². The molecule has 0 saturated heterocycles. The molecular weight excluding hydrogens is 240 g/mol. The van der Waals surface area contributed by atoms with E-state index >= 15 is 0 Å². The van der Waals surface area contributed by atoms with Crippen LogP contribution in [-0.2, 0) is 11.3 Å². The molecule has 0 spiro atoms. The number of hydrogen-bond donors (Lipinski definition) is 3. The number of furan rings is 1. The highest BCUT2D eigenvalue weighted by Crippen LogP contribution is 2.04. The van der Waals surface area contributed by atoms with Gasteiger partial charge in [-0.15, -0.1) is 0 Å². The Morgan fingerprint density at radius 1 is 1.56 bits per heavy atom. The third kappa shape index (κ3) is 4.10. The molecule has 1 heterocycles. The Balaban J connectivity index is 2.50. The van der Waals surface area contributed by atoms with Crippen LogP contribution in [0.1, 0.15) is 12.2 Å². The Kier molecular flexibility index (Phi) is 5.19. The van der Waals surface area contributed by atoms with Gasteiger partial charge in [-0.3, -0.25) is 0 Å². The van der Waals surface area contributed by atoms with Gasteiger partial charge in [0.05, 0.1) is 12.8 Å². The fourth-order valence-electron chi connectivity index (χ4n) is 1.35. The zero-order valence-electron chi connectivity index (χ0n) is 10.00. The van der Waals surface area contributed by atoms with Gasteiger partial charge in [0.1, 0.15) is 11.8 Å². The monoisotopic (exact) mass is 256 g/mol. The molecule has 0 fully saturated rings. The van der Waals surface area contributed by atoms with Crippen molar-refractivity contribution in [3.8, 4) is 0 Å². The molecule has 1 aromatic rings. The predicted molar refractivity (Wildman–Crippen MR) is 61.8 cm³/mol. The van der Waals surface area contributed by atoms with Gasteiger partial charge in [-0.1, -0.05) is 0 Å². The second kappa shape index (κ2) is 6.65. The molecule has 0 aliphatic rings. The van der Waals surface area contributed by atoms with Gasteiger partial charge in [-0.05, 0) is 12.1 Å². The van der Waals surface area contributed by atoms with Crippen molar-refractivity contribution in [2.45, 2.75) is 19.0 Å². The minimum Gasteiger partial charge on any atom is -0.480 e. The lowest BCUT2D eigenvalue weighted by Crippen LogP contribution is -2.46. The summed E-state index contributed by atoms with van der Waals surface area (Å²) in [4.78, 5) is 23.8. The Hall–Kier alpha value is -2.02. The molecule has 0 radical (unpaired) electrons. The van der Waals surface area contributed by atoms with Gasteiger partial charge in [0, 0.05) is 20.1 Å². The number of amides is 2. The normalized spacial score (nSPS) is 11.9. The van der Waals surface area contributed by atoms with Crippen LogP contribution in [0.25, 0.3) is 0 Å². The fourth-order valence-corrected chi connectivity index (χ4v) is 1.35. The van der Waals surface area contributed by atoms with Crippen molar-refractivity contribution in [3.63, 3.8) is 0 Å². The van der Waals surface area contributed by atoms with Crippen LogP contribution in [0.5, 0.6) is 0 Å². The average Bonchev–Trinajstić information content (AvgIpc) is 2.80. The summed E-state index contributed by atoms with van der Waals surface area (Å²) < 4.78 is 5.08. The summed E-state index contributed by atoms with van der Waals surface area (Å²) >= 11 is 0. The van der Waals surface area contributed by atoms with Crippen LogP contribution < -0.4 is 5.32 Å². The van der Waals surface area contributed by atoms with E-state index in [1.165, 1.54) is 18.2 Å². The quantitative estimate of drug-likeness (QED) is 0.677. The van der Waals surface area contributed by atoms with E-state index < -0.39 is 18.0 Å². The molecule has 0 aliphatic heterocycles. The number of aliphatic hydroxyl groups is 1. The van der Waals surface area contributed by atoms with E-state index in [1.807, 2.05) is 0 Å². The van der Waals surface area contributed by atoms with E-state index in [2.05, 4.69) is 5.32 Å². The lowest BCUT2D eigenvalue weighted by molar-refractivity contribution is -0.139. The Morgan fingerprint density at radius 3 is 2.78 bits per heavy atom. The lowest BCUT2D eigenvalue weighted by atomic mass is 10.2. The van der Waals surface area contributed by atoms with Crippen LogP contribution in [0.2, 0.25) is 0 Å². The van der Waals surface area contributed by atoms with Gasteiger partial charge in [0.15, 0.2) is 0 Å². The maximum atomic E-state index is 11.7. The van der Waals surface area contributed by atoms with Crippen molar-refractivity contribution in [3.05, 3.63) is 24.2 Å². The molecule has 0 saturated carbocycles. The molecular formula is C11H16N2O5. The zero-order chi connectivity index (χ0) is 13.5. The lowest BCUT2D eigenvalue weighted by Gasteiger charge is -2.20. The van der Waals surface area contributed by atoms with Crippen LogP contribution in [0.15, 0.2) is 22.8 Å². The van der Waals surface area contributed by atoms with Crippen LogP contribution in [0.4, 0.5) is 4.79 Å². The highest BCUT2D eigenvalue weighted by Gasteiger charge is 2.21. The molecule has 3 N–H and O–H groups in total. The van der Waals surface area contributed by atoms with E-state index in [0.29, 0.717) is 5.76 Å². The first-order valence-electron chi connectivity index (χ1n) is 5.42. The van der Waals surface area contributed by atoms with Gasteiger partial charge < -0.3 is 24.8 Å². The SMILES string of the molecule is CN(Cc1ccco1)C(=O)N[C@@H](CCO)C(=O)O. The van der Waals surface area contributed by atoms with Crippen LogP contribution >= 0.6 is 0 Å². The van der Waals surface area contributed by atoms with Gasteiger partial charge >= 0.3 is 12.0 Å². The van der Waals surface area contributed by atoms with E-state index in [-0.39, 0.29) is 19.6 Å². The maximum Gasteiger partial charge on any atom is 0.326 e. The van der Waals surface area contributed by atoms with Crippen molar-refractivity contribution >= 4 is 12.0 Å². The zero-order valence-corrected chi connectivity index (χ0v) is 10.00. The maximum absolute atomic E-state index is 11.7. The smallest absolute Gasteiger partial charge is 0.326 e. The number of urea groups is 1. The number of carbonyl (C=O) groups excluding carboxylic acids is 1. The van der Waals surface area contributed by atoms with E-state index in [4.69, 9.17) is 14.6 Å².